The van der Waals surface area contributed by atoms with Crippen LogP contribution in [-0.2, 0) is 11.4 Å². The Balaban J connectivity index is 1.57. The summed E-state index contributed by atoms with van der Waals surface area (Å²) in [5.41, 5.74) is 1.64. The molecule has 0 atom stereocenters. The van der Waals surface area contributed by atoms with Crippen molar-refractivity contribution < 1.29 is 18.7 Å². The maximum absolute atomic E-state index is 13.1. The zero-order valence-electron chi connectivity index (χ0n) is 18.5. The zero-order valence-corrected chi connectivity index (χ0v) is 19.3. The second-order valence-electron chi connectivity index (χ2n) is 7.67. The molecule has 0 saturated heterocycles. The smallest absolute Gasteiger partial charge is 0.283 e. The Morgan fingerprint density at radius 2 is 1.91 bits per heavy atom. The van der Waals surface area contributed by atoms with Gasteiger partial charge in [0, 0.05) is 5.92 Å². The summed E-state index contributed by atoms with van der Waals surface area (Å²) >= 11 is 1.31. The molecule has 0 aliphatic carbocycles. The number of carbonyl (C=O) groups excluding carboxylic acids is 1. The van der Waals surface area contributed by atoms with Crippen LogP contribution < -0.4 is 9.47 Å². The van der Waals surface area contributed by atoms with E-state index in [1.54, 1.807) is 36.4 Å². The van der Waals surface area contributed by atoms with E-state index in [0.717, 1.165) is 10.6 Å². The number of carbonyl (C=O) groups is 1. The van der Waals surface area contributed by atoms with Crippen LogP contribution in [0.15, 0.2) is 58.1 Å². The maximum atomic E-state index is 13.1. The van der Waals surface area contributed by atoms with Crippen molar-refractivity contribution in [2.24, 2.45) is 16.0 Å². The molecule has 1 amide bonds. The Hall–Kier alpha value is -3.46. The molecule has 170 valence electrons. The van der Waals surface area contributed by atoms with Crippen molar-refractivity contribution in [3.05, 3.63) is 65.0 Å². The number of benzene rings is 2. The third-order valence-corrected chi connectivity index (χ3v) is 6.06. The predicted octanol–water partition coefficient (Wildman–Crippen LogP) is 5.08. The van der Waals surface area contributed by atoms with Crippen LogP contribution in [0.5, 0.6) is 11.5 Å². The Labute approximate surface area is 195 Å². The van der Waals surface area contributed by atoms with Crippen LogP contribution >= 0.6 is 11.8 Å². The van der Waals surface area contributed by atoms with Gasteiger partial charge in [0.1, 0.15) is 17.5 Å². The monoisotopic (exact) mass is 466 g/mol. The van der Waals surface area contributed by atoms with E-state index in [1.165, 1.54) is 28.9 Å². The number of hydrazone groups is 1. The van der Waals surface area contributed by atoms with Crippen LogP contribution in [0.4, 0.5) is 4.39 Å². The predicted molar refractivity (Wildman–Crippen MR) is 128 cm³/mol. The molecule has 1 N–H and O–H groups in total. The minimum Gasteiger partial charge on any atom is -0.490 e. The molecule has 2 aliphatic heterocycles. The van der Waals surface area contributed by atoms with Crippen LogP contribution in [0.1, 0.15) is 31.9 Å². The molecule has 0 spiro atoms. The van der Waals surface area contributed by atoms with Gasteiger partial charge in [-0.05, 0) is 60.2 Å². The lowest BCUT2D eigenvalue weighted by Crippen LogP contribution is -2.35. The average Bonchev–Trinajstić information content (AvgIpc) is 3.22. The fourth-order valence-corrected chi connectivity index (χ4v) is 4.04. The second kappa shape index (κ2) is 9.58. The number of hydrogen-bond acceptors (Lipinski definition) is 6. The van der Waals surface area contributed by atoms with Gasteiger partial charge in [-0.1, -0.05) is 32.0 Å². The SMILES string of the molecule is CCOc1cc(/C=C2/C(=N)N3N=C(C(C)C)SC3=NC2=O)ccc1OCc1ccc(F)cc1. The van der Waals surface area contributed by atoms with Crippen molar-refractivity contribution in [3.8, 4) is 11.5 Å². The lowest BCUT2D eigenvalue weighted by atomic mass is 10.1. The lowest BCUT2D eigenvalue weighted by molar-refractivity contribution is -0.114. The van der Waals surface area contributed by atoms with Gasteiger partial charge in [-0.25, -0.2) is 4.39 Å². The molecule has 0 aromatic heterocycles. The number of amides is 1. The second-order valence-corrected chi connectivity index (χ2v) is 8.65. The molecular weight excluding hydrogens is 443 g/mol. The molecule has 0 saturated carbocycles. The van der Waals surface area contributed by atoms with Crippen LogP contribution in [0.3, 0.4) is 0 Å². The first-order valence-corrected chi connectivity index (χ1v) is 11.3. The summed E-state index contributed by atoms with van der Waals surface area (Å²) in [5.74, 6) is 0.413. The van der Waals surface area contributed by atoms with Crippen molar-refractivity contribution in [3.63, 3.8) is 0 Å². The van der Waals surface area contributed by atoms with Crippen molar-refractivity contribution in [1.82, 2.24) is 5.01 Å². The van der Waals surface area contributed by atoms with Crippen molar-refractivity contribution in [1.29, 1.82) is 5.41 Å². The molecule has 9 heteroatoms. The number of rotatable bonds is 7. The van der Waals surface area contributed by atoms with E-state index in [4.69, 9.17) is 14.9 Å². The normalized spacial score (nSPS) is 16.8. The number of halogens is 1. The molecule has 0 radical (unpaired) electrons. The molecular formula is C24H23FN4O3S. The van der Waals surface area contributed by atoms with Gasteiger partial charge >= 0.3 is 0 Å². The zero-order chi connectivity index (χ0) is 23.5. The summed E-state index contributed by atoms with van der Waals surface area (Å²) in [5, 5.41) is 15.5. The van der Waals surface area contributed by atoms with Crippen molar-refractivity contribution in [2.75, 3.05) is 6.61 Å². The minimum atomic E-state index is -0.478. The standard InChI is InChI=1S/C24H23FN4O3S/c1-4-31-20-12-16(7-10-19(20)32-13-15-5-8-17(25)9-6-15)11-18-21(26)29-24(27-22(18)30)33-23(28-29)14(2)3/h5-12,14,26H,4,13H2,1-3H3/b18-11-,26-21?. The Morgan fingerprint density at radius 1 is 1.15 bits per heavy atom. The third kappa shape index (κ3) is 4.98. The summed E-state index contributed by atoms with van der Waals surface area (Å²) in [6, 6.07) is 11.4. The third-order valence-electron chi connectivity index (χ3n) is 4.85. The van der Waals surface area contributed by atoms with Gasteiger partial charge in [-0.2, -0.15) is 15.1 Å². The molecule has 2 aromatic rings. The van der Waals surface area contributed by atoms with E-state index in [1.807, 2.05) is 20.8 Å². The van der Waals surface area contributed by atoms with E-state index in [2.05, 4.69) is 10.1 Å². The summed E-state index contributed by atoms with van der Waals surface area (Å²) in [7, 11) is 0. The first-order chi connectivity index (χ1) is 15.9. The first kappa shape index (κ1) is 22.7. The fraction of sp³-hybridized carbons (Fsp3) is 0.250. The number of nitrogens with one attached hydrogen (secondary N) is 1. The van der Waals surface area contributed by atoms with Gasteiger partial charge in [-0.15, -0.1) is 0 Å². The largest absolute Gasteiger partial charge is 0.490 e. The lowest BCUT2D eigenvalue weighted by Gasteiger charge is -2.20. The van der Waals surface area contributed by atoms with E-state index in [0.29, 0.717) is 28.8 Å². The van der Waals surface area contributed by atoms with Gasteiger partial charge in [0.2, 0.25) is 5.17 Å². The Morgan fingerprint density at radius 3 is 2.61 bits per heavy atom. The summed E-state index contributed by atoms with van der Waals surface area (Å²) in [4.78, 5) is 16.7. The van der Waals surface area contributed by atoms with Crippen molar-refractivity contribution >= 4 is 39.8 Å². The van der Waals surface area contributed by atoms with Gasteiger partial charge in [0.25, 0.3) is 5.91 Å². The van der Waals surface area contributed by atoms with Crippen LogP contribution in [-0.4, -0.2) is 33.6 Å². The number of nitrogens with zero attached hydrogens (tertiary/aromatic N) is 3. The molecule has 2 aromatic carbocycles. The Kier molecular flexibility index (Phi) is 6.60. The molecule has 2 aliphatic rings. The number of amidine groups is 2. The number of ether oxygens (including phenoxy) is 2. The Bertz CT molecular complexity index is 1190. The summed E-state index contributed by atoms with van der Waals surface area (Å²) < 4.78 is 24.7. The molecule has 2 heterocycles. The quantitative estimate of drug-likeness (QED) is 0.575. The number of thioether (sulfide) groups is 1. The molecule has 7 nitrogen and oxygen atoms in total. The summed E-state index contributed by atoms with van der Waals surface area (Å²) in [6.45, 7) is 6.54. The van der Waals surface area contributed by atoms with Crippen LogP contribution in [0, 0.1) is 17.1 Å². The highest BCUT2D eigenvalue weighted by molar-refractivity contribution is 8.27. The molecule has 0 bridgehead atoms. The van der Waals surface area contributed by atoms with Gasteiger partial charge < -0.3 is 9.47 Å². The highest BCUT2D eigenvalue weighted by Gasteiger charge is 2.36. The van der Waals surface area contributed by atoms with Gasteiger partial charge in [-0.3, -0.25) is 10.2 Å². The molecule has 0 unspecified atom stereocenters. The summed E-state index contributed by atoms with van der Waals surface area (Å²) in [6.07, 6.45) is 1.60. The topological polar surface area (TPSA) is 87.3 Å². The first-order valence-electron chi connectivity index (χ1n) is 10.5. The number of hydrogen-bond donors (Lipinski definition) is 1. The fourth-order valence-electron chi connectivity index (χ4n) is 3.15. The molecule has 33 heavy (non-hydrogen) atoms. The van der Waals surface area contributed by atoms with Crippen LogP contribution in [0.25, 0.3) is 6.08 Å². The number of fused-ring (bicyclic) bond motifs is 1. The van der Waals surface area contributed by atoms with E-state index in [9.17, 15) is 9.18 Å². The highest BCUT2D eigenvalue weighted by Crippen LogP contribution is 2.33. The molecule has 0 fully saturated rings. The number of aliphatic imine (C=N–C) groups is 1. The van der Waals surface area contributed by atoms with E-state index < -0.39 is 5.91 Å². The van der Waals surface area contributed by atoms with E-state index >= 15 is 0 Å². The van der Waals surface area contributed by atoms with E-state index in [-0.39, 0.29) is 29.8 Å². The van der Waals surface area contributed by atoms with Crippen molar-refractivity contribution in [2.45, 2.75) is 27.4 Å². The van der Waals surface area contributed by atoms with Crippen LogP contribution in [0.2, 0.25) is 0 Å². The van der Waals surface area contributed by atoms with Gasteiger partial charge in [0.05, 0.1) is 12.2 Å². The average molecular weight is 467 g/mol. The maximum Gasteiger partial charge on any atom is 0.283 e. The van der Waals surface area contributed by atoms with Gasteiger partial charge in [0.15, 0.2) is 17.3 Å². The minimum absolute atomic E-state index is 0.0113. The highest BCUT2D eigenvalue weighted by atomic mass is 32.2. The molecule has 4 rings (SSSR count).